The summed E-state index contributed by atoms with van der Waals surface area (Å²) in [5.74, 6) is -0.0618. The first-order valence-electron chi connectivity index (χ1n) is 4.04. The van der Waals surface area contributed by atoms with E-state index in [-0.39, 0.29) is 5.75 Å². The van der Waals surface area contributed by atoms with Crippen LogP contribution in [0, 0.1) is 0 Å². The summed E-state index contributed by atoms with van der Waals surface area (Å²) in [5, 5.41) is 10.1. The van der Waals surface area contributed by atoms with E-state index in [0.29, 0.717) is 9.88 Å². The van der Waals surface area contributed by atoms with Gasteiger partial charge in [-0.3, -0.25) is 0 Å². The molecule has 0 aliphatic carbocycles. The molecule has 80 valence electrons. The number of nitrogens with zero attached hydrogens (tertiary/aromatic N) is 1. The minimum atomic E-state index is -3.04. The minimum Gasteiger partial charge on any atom is -0.385 e. The maximum atomic E-state index is 11.0. The van der Waals surface area contributed by atoms with E-state index >= 15 is 0 Å². The van der Waals surface area contributed by atoms with Crippen molar-refractivity contribution in [3.05, 3.63) is 16.1 Å². The fraction of sp³-hybridized carbons (Fsp3) is 0.625. The highest BCUT2D eigenvalue weighted by atomic mass is 32.2. The van der Waals surface area contributed by atoms with Crippen LogP contribution in [0.3, 0.4) is 0 Å². The van der Waals surface area contributed by atoms with Crippen LogP contribution in [0.4, 0.5) is 0 Å². The number of sulfone groups is 1. The van der Waals surface area contributed by atoms with E-state index in [1.54, 1.807) is 13.8 Å². The molecule has 6 heteroatoms. The fourth-order valence-corrected chi connectivity index (χ4v) is 3.00. The highest BCUT2D eigenvalue weighted by Crippen LogP contribution is 2.26. The van der Waals surface area contributed by atoms with Crippen LogP contribution in [0.5, 0.6) is 0 Å². The van der Waals surface area contributed by atoms with Gasteiger partial charge in [-0.1, -0.05) is 0 Å². The third-order valence-corrected chi connectivity index (χ3v) is 3.83. The van der Waals surface area contributed by atoms with Crippen LogP contribution in [0.2, 0.25) is 0 Å². The largest absolute Gasteiger partial charge is 0.385 e. The van der Waals surface area contributed by atoms with Gasteiger partial charge in [0.1, 0.15) is 10.8 Å². The Hall–Kier alpha value is -0.460. The first-order chi connectivity index (χ1) is 6.18. The number of hydrogen-bond acceptors (Lipinski definition) is 5. The second-order valence-electron chi connectivity index (χ2n) is 3.75. The van der Waals surface area contributed by atoms with E-state index in [9.17, 15) is 13.5 Å². The Morgan fingerprint density at radius 2 is 2.14 bits per heavy atom. The van der Waals surface area contributed by atoms with Gasteiger partial charge in [0.2, 0.25) is 0 Å². The molecule has 0 spiro atoms. The van der Waals surface area contributed by atoms with Gasteiger partial charge in [0.05, 0.1) is 10.5 Å². The van der Waals surface area contributed by atoms with Crippen molar-refractivity contribution in [1.29, 1.82) is 0 Å². The van der Waals surface area contributed by atoms with Crippen molar-refractivity contribution in [2.24, 2.45) is 0 Å². The number of hydrogen-bond donors (Lipinski definition) is 1. The van der Waals surface area contributed by atoms with Crippen LogP contribution >= 0.6 is 11.3 Å². The van der Waals surface area contributed by atoms with Gasteiger partial charge in [-0.25, -0.2) is 13.4 Å². The highest BCUT2D eigenvalue weighted by molar-refractivity contribution is 7.90. The molecule has 0 amide bonds. The van der Waals surface area contributed by atoms with Crippen molar-refractivity contribution in [2.45, 2.75) is 25.2 Å². The second-order valence-corrected chi connectivity index (χ2v) is 7.00. The number of aliphatic hydroxyl groups is 1. The van der Waals surface area contributed by atoms with Crippen molar-refractivity contribution >= 4 is 21.2 Å². The lowest BCUT2D eigenvalue weighted by Gasteiger charge is -2.12. The molecule has 1 aromatic rings. The quantitative estimate of drug-likeness (QED) is 0.845. The number of aromatic nitrogens is 1. The van der Waals surface area contributed by atoms with Crippen molar-refractivity contribution in [3.8, 4) is 0 Å². The molecule has 0 aromatic carbocycles. The molecule has 1 N–H and O–H groups in total. The zero-order valence-electron chi connectivity index (χ0n) is 8.31. The van der Waals surface area contributed by atoms with Gasteiger partial charge in [0, 0.05) is 12.5 Å². The van der Waals surface area contributed by atoms with Crippen molar-refractivity contribution in [2.75, 3.05) is 6.26 Å². The van der Waals surface area contributed by atoms with E-state index < -0.39 is 15.4 Å². The number of rotatable bonds is 3. The molecule has 1 rings (SSSR count). The van der Waals surface area contributed by atoms with Crippen molar-refractivity contribution < 1.29 is 13.5 Å². The SMILES string of the molecule is CC(C)(O)c1cnc(CS(C)(=O)=O)s1. The molecule has 0 bridgehead atoms. The van der Waals surface area contributed by atoms with E-state index in [4.69, 9.17) is 0 Å². The van der Waals surface area contributed by atoms with Crippen LogP contribution < -0.4 is 0 Å². The second kappa shape index (κ2) is 3.60. The number of thiazole rings is 1. The summed E-state index contributed by atoms with van der Waals surface area (Å²) in [5.41, 5.74) is -0.951. The fourth-order valence-electron chi connectivity index (χ4n) is 0.884. The Morgan fingerprint density at radius 3 is 2.50 bits per heavy atom. The zero-order chi connectivity index (χ0) is 11.0. The smallest absolute Gasteiger partial charge is 0.153 e. The van der Waals surface area contributed by atoms with E-state index in [1.807, 2.05) is 0 Å². The molecule has 0 fully saturated rings. The van der Waals surface area contributed by atoms with Gasteiger partial charge in [-0.2, -0.15) is 0 Å². The molecule has 0 saturated carbocycles. The van der Waals surface area contributed by atoms with Gasteiger partial charge in [-0.05, 0) is 13.8 Å². The van der Waals surface area contributed by atoms with Gasteiger partial charge in [-0.15, -0.1) is 11.3 Å². The molecule has 1 aromatic heterocycles. The predicted molar refractivity (Wildman–Crippen MR) is 55.9 cm³/mol. The first kappa shape index (κ1) is 11.6. The summed E-state index contributed by atoms with van der Waals surface area (Å²) in [6.07, 6.45) is 2.68. The van der Waals surface area contributed by atoms with Gasteiger partial charge in [0.25, 0.3) is 0 Å². The van der Waals surface area contributed by atoms with E-state index in [2.05, 4.69) is 4.98 Å². The summed E-state index contributed by atoms with van der Waals surface area (Å²) in [6, 6.07) is 0. The lowest BCUT2D eigenvalue weighted by Crippen LogP contribution is -2.12. The van der Waals surface area contributed by atoms with Crippen molar-refractivity contribution in [3.63, 3.8) is 0 Å². The summed E-state index contributed by atoms with van der Waals surface area (Å²) in [7, 11) is -3.04. The highest BCUT2D eigenvalue weighted by Gasteiger charge is 2.20. The Labute approximate surface area is 87.5 Å². The van der Waals surface area contributed by atoms with Crippen LogP contribution in [0.25, 0.3) is 0 Å². The summed E-state index contributed by atoms with van der Waals surface area (Å²) in [6.45, 7) is 3.29. The molecule has 0 aliphatic heterocycles. The Bertz CT molecular complexity index is 414. The molecule has 4 nitrogen and oxygen atoms in total. The third-order valence-electron chi connectivity index (χ3n) is 1.54. The molecular formula is C8H13NO3S2. The lowest BCUT2D eigenvalue weighted by molar-refractivity contribution is 0.0823. The normalized spacial score (nSPS) is 13.1. The maximum Gasteiger partial charge on any atom is 0.153 e. The Morgan fingerprint density at radius 1 is 1.57 bits per heavy atom. The molecule has 0 aliphatic rings. The van der Waals surface area contributed by atoms with Crippen LogP contribution in [0.15, 0.2) is 6.20 Å². The van der Waals surface area contributed by atoms with Crippen molar-refractivity contribution in [1.82, 2.24) is 4.98 Å². The van der Waals surface area contributed by atoms with Crippen LogP contribution in [-0.4, -0.2) is 24.8 Å². The molecular weight excluding hydrogens is 222 g/mol. The van der Waals surface area contributed by atoms with Gasteiger partial charge < -0.3 is 5.11 Å². The van der Waals surface area contributed by atoms with Crippen LogP contribution in [-0.2, 0) is 21.2 Å². The van der Waals surface area contributed by atoms with Gasteiger partial charge >= 0.3 is 0 Å². The standard InChI is InChI=1S/C8H13NO3S2/c1-8(2,10)6-4-9-7(13-6)5-14(3,11)12/h4,10H,5H2,1-3H3. The molecule has 0 radical (unpaired) electrons. The maximum absolute atomic E-state index is 11.0. The Balaban J connectivity index is 2.90. The average Bonchev–Trinajstić information content (AvgIpc) is 2.29. The summed E-state index contributed by atoms with van der Waals surface area (Å²) in [4.78, 5) is 4.62. The van der Waals surface area contributed by atoms with Gasteiger partial charge in [0.15, 0.2) is 9.84 Å². The Kier molecular flexibility index (Phi) is 2.99. The summed E-state index contributed by atoms with van der Waals surface area (Å²) >= 11 is 1.23. The molecule has 0 unspecified atom stereocenters. The monoisotopic (exact) mass is 235 g/mol. The minimum absolute atomic E-state index is 0.0618. The topological polar surface area (TPSA) is 67.3 Å². The lowest BCUT2D eigenvalue weighted by atomic mass is 10.1. The molecule has 0 atom stereocenters. The molecule has 0 saturated heterocycles. The molecule has 14 heavy (non-hydrogen) atoms. The van der Waals surface area contributed by atoms with Crippen LogP contribution in [0.1, 0.15) is 23.7 Å². The summed E-state index contributed by atoms with van der Waals surface area (Å²) < 4.78 is 21.9. The van der Waals surface area contributed by atoms with E-state index in [1.165, 1.54) is 17.5 Å². The average molecular weight is 235 g/mol. The zero-order valence-corrected chi connectivity index (χ0v) is 9.94. The third kappa shape index (κ3) is 3.36. The first-order valence-corrected chi connectivity index (χ1v) is 6.91. The predicted octanol–water partition coefficient (Wildman–Crippen LogP) is 0.915. The van der Waals surface area contributed by atoms with E-state index in [0.717, 1.165) is 6.26 Å². The molecule has 1 heterocycles.